The number of nitrogens with one attached hydrogen (secondary N) is 2. The number of anilines is 1. The average Bonchev–Trinajstić information content (AvgIpc) is 2.48. The molecule has 2 aromatic rings. The van der Waals surface area contributed by atoms with Gasteiger partial charge < -0.3 is 10.6 Å². The number of pyridine rings is 1. The lowest BCUT2D eigenvalue weighted by molar-refractivity contribution is 0.0951. The van der Waals surface area contributed by atoms with E-state index < -0.39 is 0 Å². The summed E-state index contributed by atoms with van der Waals surface area (Å²) in [6.07, 6.45) is 1.63. The van der Waals surface area contributed by atoms with Crippen LogP contribution in [0.5, 0.6) is 0 Å². The third-order valence-corrected chi connectivity index (χ3v) is 3.34. The Kier molecular flexibility index (Phi) is 5.17. The van der Waals surface area contributed by atoms with Crippen molar-refractivity contribution in [1.82, 2.24) is 10.3 Å². The maximum absolute atomic E-state index is 11.8. The fourth-order valence-electron chi connectivity index (χ4n) is 1.98. The molecular formula is C16H18ClN3O. The lowest BCUT2D eigenvalue weighted by atomic mass is 10.1. The molecule has 21 heavy (non-hydrogen) atoms. The van der Waals surface area contributed by atoms with Crippen LogP contribution in [0.1, 0.15) is 35.9 Å². The number of halogens is 1. The van der Waals surface area contributed by atoms with E-state index in [2.05, 4.69) is 22.5 Å². The molecule has 0 fully saturated rings. The number of carbonyl (C=O) groups is 1. The van der Waals surface area contributed by atoms with Crippen molar-refractivity contribution in [3.05, 3.63) is 58.9 Å². The number of benzene rings is 1. The molecule has 1 unspecified atom stereocenters. The molecular weight excluding hydrogens is 286 g/mol. The monoisotopic (exact) mass is 303 g/mol. The number of hydrogen-bond donors (Lipinski definition) is 2. The summed E-state index contributed by atoms with van der Waals surface area (Å²) < 4.78 is 0. The normalized spacial score (nSPS) is 11.8. The average molecular weight is 304 g/mol. The second kappa shape index (κ2) is 7.09. The van der Waals surface area contributed by atoms with Crippen LogP contribution in [-0.2, 0) is 0 Å². The van der Waals surface area contributed by atoms with Crippen molar-refractivity contribution in [1.29, 1.82) is 0 Å². The van der Waals surface area contributed by atoms with Crippen molar-refractivity contribution in [2.75, 3.05) is 11.9 Å². The van der Waals surface area contributed by atoms with Gasteiger partial charge in [0, 0.05) is 29.5 Å². The maximum atomic E-state index is 11.8. The zero-order valence-corrected chi connectivity index (χ0v) is 12.8. The Morgan fingerprint density at radius 1 is 1.29 bits per heavy atom. The van der Waals surface area contributed by atoms with Crippen molar-refractivity contribution < 1.29 is 4.79 Å². The Labute approximate surface area is 129 Å². The predicted molar refractivity (Wildman–Crippen MR) is 85.7 cm³/mol. The predicted octanol–water partition coefficient (Wildman–Crippen LogP) is 3.66. The number of nitrogens with zero attached hydrogens (tertiary/aromatic N) is 1. The van der Waals surface area contributed by atoms with Crippen LogP contribution in [0.2, 0.25) is 5.02 Å². The summed E-state index contributed by atoms with van der Waals surface area (Å²) in [7, 11) is 0. The van der Waals surface area contributed by atoms with Crippen molar-refractivity contribution >= 4 is 23.2 Å². The smallest absolute Gasteiger partial charge is 0.269 e. The number of hydrogen-bond acceptors (Lipinski definition) is 3. The van der Waals surface area contributed by atoms with E-state index in [-0.39, 0.29) is 11.9 Å². The van der Waals surface area contributed by atoms with Crippen LogP contribution in [-0.4, -0.2) is 17.4 Å². The summed E-state index contributed by atoms with van der Waals surface area (Å²) in [5.41, 5.74) is 2.38. The topological polar surface area (TPSA) is 54.0 Å². The molecule has 0 aliphatic heterocycles. The molecule has 1 amide bonds. The highest BCUT2D eigenvalue weighted by Crippen LogP contribution is 2.21. The van der Waals surface area contributed by atoms with Gasteiger partial charge in [0.15, 0.2) is 0 Å². The van der Waals surface area contributed by atoms with Gasteiger partial charge in [-0.3, -0.25) is 9.78 Å². The molecule has 0 saturated heterocycles. The fourth-order valence-corrected chi connectivity index (χ4v) is 2.11. The van der Waals surface area contributed by atoms with E-state index in [0.29, 0.717) is 17.3 Å². The van der Waals surface area contributed by atoms with Crippen LogP contribution in [0.25, 0.3) is 0 Å². The molecule has 2 rings (SSSR count). The van der Waals surface area contributed by atoms with Crippen LogP contribution in [0, 0.1) is 0 Å². The number of carbonyl (C=O) groups excluding carboxylic acids is 1. The quantitative estimate of drug-likeness (QED) is 0.886. The lowest BCUT2D eigenvalue weighted by Gasteiger charge is -2.16. The molecule has 1 heterocycles. The van der Waals surface area contributed by atoms with Gasteiger partial charge in [-0.25, -0.2) is 0 Å². The second-order valence-electron chi connectivity index (χ2n) is 4.71. The highest BCUT2D eigenvalue weighted by atomic mass is 35.5. The molecule has 4 nitrogen and oxygen atoms in total. The summed E-state index contributed by atoms with van der Waals surface area (Å²) in [4.78, 5) is 15.9. The summed E-state index contributed by atoms with van der Waals surface area (Å²) in [6.45, 7) is 4.51. The first-order chi connectivity index (χ1) is 10.1. The van der Waals surface area contributed by atoms with Gasteiger partial charge in [0.25, 0.3) is 5.91 Å². The van der Waals surface area contributed by atoms with Crippen molar-refractivity contribution in [3.8, 4) is 0 Å². The largest absolute Gasteiger partial charge is 0.378 e. The SMILES string of the molecule is CCNC(=O)c1cc(NC(C)c2ccc(Cl)cc2)ccn1. The van der Waals surface area contributed by atoms with E-state index in [1.54, 1.807) is 12.3 Å². The molecule has 0 spiro atoms. The third-order valence-electron chi connectivity index (χ3n) is 3.08. The molecule has 0 aliphatic rings. The molecule has 0 saturated carbocycles. The first kappa shape index (κ1) is 15.3. The zero-order valence-electron chi connectivity index (χ0n) is 12.1. The highest BCUT2D eigenvalue weighted by molar-refractivity contribution is 6.30. The molecule has 0 aliphatic carbocycles. The van der Waals surface area contributed by atoms with Crippen LogP contribution in [0.4, 0.5) is 5.69 Å². The van der Waals surface area contributed by atoms with Crippen LogP contribution in [0.3, 0.4) is 0 Å². The third kappa shape index (κ3) is 4.20. The first-order valence-electron chi connectivity index (χ1n) is 6.86. The van der Waals surface area contributed by atoms with Gasteiger partial charge in [-0.15, -0.1) is 0 Å². The van der Waals surface area contributed by atoms with Crippen LogP contribution < -0.4 is 10.6 Å². The van der Waals surface area contributed by atoms with E-state index in [4.69, 9.17) is 11.6 Å². The van der Waals surface area contributed by atoms with Crippen molar-refractivity contribution in [3.63, 3.8) is 0 Å². The van der Waals surface area contributed by atoms with Crippen LogP contribution in [0.15, 0.2) is 42.6 Å². The number of amides is 1. The Hall–Kier alpha value is -2.07. The van der Waals surface area contributed by atoms with E-state index in [9.17, 15) is 4.79 Å². The van der Waals surface area contributed by atoms with E-state index in [1.165, 1.54) is 0 Å². The number of aromatic nitrogens is 1. The first-order valence-corrected chi connectivity index (χ1v) is 7.24. The van der Waals surface area contributed by atoms with Gasteiger partial charge in [-0.2, -0.15) is 0 Å². The Morgan fingerprint density at radius 2 is 2.00 bits per heavy atom. The van der Waals surface area contributed by atoms with E-state index in [1.807, 2.05) is 37.3 Å². The molecule has 1 aromatic heterocycles. The Morgan fingerprint density at radius 3 is 2.67 bits per heavy atom. The second-order valence-corrected chi connectivity index (χ2v) is 5.14. The molecule has 2 N–H and O–H groups in total. The van der Waals surface area contributed by atoms with Gasteiger partial charge in [0.05, 0.1) is 0 Å². The standard InChI is InChI=1S/C16H18ClN3O/c1-3-18-16(21)15-10-14(8-9-19-15)20-11(2)12-4-6-13(17)7-5-12/h4-11H,3H2,1-2H3,(H,18,21)(H,19,20). The molecule has 1 aromatic carbocycles. The molecule has 5 heteroatoms. The molecule has 0 bridgehead atoms. The van der Waals surface area contributed by atoms with Gasteiger partial charge in [0.2, 0.25) is 0 Å². The zero-order chi connectivity index (χ0) is 15.2. The minimum Gasteiger partial charge on any atom is -0.378 e. The molecule has 0 radical (unpaired) electrons. The summed E-state index contributed by atoms with van der Waals surface area (Å²) >= 11 is 5.89. The van der Waals surface area contributed by atoms with Crippen LogP contribution >= 0.6 is 11.6 Å². The number of rotatable bonds is 5. The fraction of sp³-hybridized carbons (Fsp3) is 0.250. The Balaban J connectivity index is 2.10. The highest BCUT2D eigenvalue weighted by Gasteiger charge is 2.09. The van der Waals surface area contributed by atoms with E-state index in [0.717, 1.165) is 11.3 Å². The summed E-state index contributed by atoms with van der Waals surface area (Å²) in [5, 5.41) is 6.80. The van der Waals surface area contributed by atoms with E-state index >= 15 is 0 Å². The van der Waals surface area contributed by atoms with Gasteiger partial charge in [-0.1, -0.05) is 23.7 Å². The molecule has 1 atom stereocenters. The minimum absolute atomic E-state index is 0.103. The minimum atomic E-state index is -0.166. The van der Waals surface area contributed by atoms with Crippen molar-refractivity contribution in [2.45, 2.75) is 19.9 Å². The lowest BCUT2D eigenvalue weighted by Crippen LogP contribution is -2.23. The summed E-state index contributed by atoms with van der Waals surface area (Å²) in [5.74, 6) is -0.166. The van der Waals surface area contributed by atoms with Crippen molar-refractivity contribution in [2.24, 2.45) is 0 Å². The van der Waals surface area contributed by atoms with Gasteiger partial charge in [0.1, 0.15) is 5.69 Å². The Bertz CT molecular complexity index is 613. The van der Waals surface area contributed by atoms with Gasteiger partial charge in [-0.05, 0) is 43.7 Å². The maximum Gasteiger partial charge on any atom is 0.269 e. The molecule has 110 valence electrons. The summed E-state index contributed by atoms with van der Waals surface area (Å²) in [6, 6.07) is 11.4. The van der Waals surface area contributed by atoms with Gasteiger partial charge >= 0.3 is 0 Å².